The first-order chi connectivity index (χ1) is 8.16. The van der Waals surface area contributed by atoms with E-state index >= 15 is 0 Å². The highest BCUT2D eigenvalue weighted by Crippen LogP contribution is 2.09. The molecule has 0 aliphatic heterocycles. The lowest BCUT2D eigenvalue weighted by Gasteiger charge is -2.38. The summed E-state index contributed by atoms with van der Waals surface area (Å²) < 4.78 is 0. The van der Waals surface area contributed by atoms with Gasteiger partial charge in [0.15, 0.2) is 0 Å². The Morgan fingerprint density at radius 1 is 1.06 bits per heavy atom. The van der Waals surface area contributed by atoms with Crippen LogP contribution in [0.15, 0.2) is 0 Å². The van der Waals surface area contributed by atoms with Crippen LogP contribution in [0.4, 0.5) is 0 Å². The number of nitrogens with one attached hydrogen (secondary N) is 1. The number of carbonyl (C=O) groups is 2. The van der Waals surface area contributed by atoms with Gasteiger partial charge in [-0.1, -0.05) is 0 Å². The molecule has 0 fully saturated rings. The highest BCUT2D eigenvalue weighted by atomic mass is 16.2. The third-order valence-electron chi connectivity index (χ3n) is 2.83. The summed E-state index contributed by atoms with van der Waals surface area (Å²) in [5.74, 6) is -1.10. The zero-order valence-electron chi connectivity index (χ0n) is 11.9. The van der Waals surface area contributed by atoms with Crippen molar-refractivity contribution in [3.05, 3.63) is 0 Å². The molecule has 0 aromatic heterocycles. The van der Waals surface area contributed by atoms with E-state index in [-0.39, 0.29) is 12.6 Å². The van der Waals surface area contributed by atoms with E-state index in [1.807, 2.05) is 6.92 Å². The van der Waals surface area contributed by atoms with Gasteiger partial charge in [-0.3, -0.25) is 19.8 Å². The van der Waals surface area contributed by atoms with Crippen LogP contribution in [0.3, 0.4) is 0 Å². The third-order valence-corrected chi connectivity index (χ3v) is 2.83. The first-order valence-corrected chi connectivity index (χ1v) is 6.27. The van der Waals surface area contributed by atoms with Crippen LogP contribution in [0.2, 0.25) is 0 Å². The van der Waals surface area contributed by atoms with Crippen LogP contribution in [0, 0.1) is 0 Å². The maximum absolute atomic E-state index is 11.3. The molecule has 6 heteroatoms. The molecule has 0 rings (SSSR count). The van der Waals surface area contributed by atoms with Gasteiger partial charge in [-0.15, -0.1) is 0 Å². The molecule has 6 nitrogen and oxygen atoms in total. The first kappa shape index (κ1) is 16.9. The summed E-state index contributed by atoms with van der Waals surface area (Å²) in [6, 6.07) is -0.0956. The van der Waals surface area contributed by atoms with Gasteiger partial charge in [0.2, 0.25) is 11.8 Å². The predicted octanol–water partition coefficient (Wildman–Crippen LogP) is -0.230. The lowest BCUT2D eigenvalue weighted by atomic mass is 10.1. The molecule has 0 spiro atoms. The summed E-state index contributed by atoms with van der Waals surface area (Å²) in [6.45, 7) is 10.2. The van der Waals surface area contributed by atoms with Gasteiger partial charge in [-0.2, -0.15) is 0 Å². The zero-order valence-corrected chi connectivity index (χ0v) is 11.9. The van der Waals surface area contributed by atoms with Crippen LogP contribution in [-0.4, -0.2) is 41.0 Å². The van der Waals surface area contributed by atoms with E-state index in [2.05, 4.69) is 37.9 Å². The minimum Gasteiger partial charge on any atom is -0.370 e. The molecule has 0 heterocycles. The highest BCUT2D eigenvalue weighted by molar-refractivity contribution is 5.86. The van der Waals surface area contributed by atoms with Crippen LogP contribution >= 0.6 is 0 Å². The maximum atomic E-state index is 11.3. The van der Waals surface area contributed by atoms with Crippen LogP contribution in [0.25, 0.3) is 0 Å². The smallest absolute Gasteiger partial charge is 0.235 e. The molecular weight excluding hydrogens is 232 g/mol. The fraction of sp³-hybridized carbons (Fsp3) is 0.833. The van der Waals surface area contributed by atoms with Gasteiger partial charge in [0, 0.05) is 12.1 Å². The van der Waals surface area contributed by atoms with Gasteiger partial charge in [0.25, 0.3) is 0 Å². The molecule has 106 valence electrons. The number of primary amides is 2. The number of nitrogens with two attached hydrogens (primary N) is 2. The van der Waals surface area contributed by atoms with E-state index in [0.717, 1.165) is 0 Å². The van der Waals surface area contributed by atoms with Crippen molar-refractivity contribution >= 4 is 11.8 Å². The second-order valence-electron chi connectivity index (χ2n) is 5.10. The molecule has 0 aromatic rings. The average molecular weight is 258 g/mol. The average Bonchev–Trinajstić information content (AvgIpc) is 2.13. The first-order valence-electron chi connectivity index (χ1n) is 6.27. The number of rotatable bonds is 8. The Hall–Kier alpha value is -1.14. The van der Waals surface area contributed by atoms with Crippen LogP contribution in [0.1, 0.15) is 41.0 Å². The second kappa shape index (κ2) is 7.33. The quantitative estimate of drug-likeness (QED) is 0.523. The second-order valence-corrected chi connectivity index (χ2v) is 5.10. The Labute approximate surface area is 109 Å². The van der Waals surface area contributed by atoms with Gasteiger partial charge in [0.1, 0.15) is 0 Å². The summed E-state index contributed by atoms with van der Waals surface area (Å²) in [4.78, 5) is 24.4. The summed E-state index contributed by atoms with van der Waals surface area (Å²) in [7, 11) is 0. The molecule has 2 atom stereocenters. The summed E-state index contributed by atoms with van der Waals surface area (Å²) >= 11 is 0. The third kappa shape index (κ3) is 5.46. The molecular formula is C12H26N4O2. The van der Waals surface area contributed by atoms with Crippen molar-refractivity contribution in [1.29, 1.82) is 0 Å². The van der Waals surface area contributed by atoms with Crippen molar-refractivity contribution in [2.45, 2.75) is 65.3 Å². The van der Waals surface area contributed by atoms with Crippen LogP contribution in [-0.2, 0) is 9.59 Å². The topological polar surface area (TPSA) is 101 Å². The van der Waals surface area contributed by atoms with Crippen LogP contribution < -0.4 is 16.8 Å². The van der Waals surface area contributed by atoms with Gasteiger partial charge in [0.05, 0.1) is 18.6 Å². The van der Waals surface area contributed by atoms with Crippen molar-refractivity contribution in [3.63, 3.8) is 0 Å². The Balaban J connectivity index is 4.70. The van der Waals surface area contributed by atoms with Gasteiger partial charge in [-0.05, 0) is 34.6 Å². The molecule has 0 bridgehead atoms. The zero-order chi connectivity index (χ0) is 14.5. The molecule has 18 heavy (non-hydrogen) atoms. The Kier molecular flexibility index (Phi) is 6.86. The van der Waals surface area contributed by atoms with Crippen molar-refractivity contribution in [3.8, 4) is 0 Å². The van der Waals surface area contributed by atoms with E-state index < -0.39 is 17.9 Å². The molecule has 0 aromatic carbocycles. The number of hydrogen-bond acceptors (Lipinski definition) is 4. The standard InChI is InChI=1S/C12H26N4O2/c1-7(2)16(8(3)4)9(5)15-10(12(14)18)6-11(13)17/h7-10,15H,6H2,1-5H3,(H2,13,17)(H2,14,18). The Morgan fingerprint density at radius 2 is 1.50 bits per heavy atom. The predicted molar refractivity (Wildman–Crippen MR) is 71.5 cm³/mol. The van der Waals surface area contributed by atoms with E-state index in [9.17, 15) is 9.59 Å². The van der Waals surface area contributed by atoms with E-state index in [1.54, 1.807) is 0 Å². The molecule has 2 amide bonds. The number of carbonyl (C=O) groups excluding carboxylic acids is 2. The summed E-state index contributed by atoms with van der Waals surface area (Å²) in [6.07, 6.45) is -0.147. The van der Waals surface area contributed by atoms with Crippen LogP contribution in [0.5, 0.6) is 0 Å². The fourth-order valence-corrected chi connectivity index (χ4v) is 2.31. The molecule has 0 aliphatic carbocycles. The number of hydrogen-bond donors (Lipinski definition) is 3. The van der Waals surface area contributed by atoms with Gasteiger partial charge in [-0.25, -0.2) is 0 Å². The van der Waals surface area contributed by atoms with E-state index in [1.165, 1.54) is 0 Å². The largest absolute Gasteiger partial charge is 0.370 e. The minimum atomic E-state index is -0.725. The van der Waals surface area contributed by atoms with E-state index in [4.69, 9.17) is 11.5 Å². The minimum absolute atomic E-state index is 0.0677. The number of nitrogens with zero attached hydrogens (tertiary/aromatic N) is 1. The molecule has 0 radical (unpaired) electrons. The molecule has 0 saturated heterocycles. The molecule has 5 N–H and O–H groups in total. The number of amides is 2. The van der Waals surface area contributed by atoms with Gasteiger partial charge >= 0.3 is 0 Å². The Bertz CT molecular complexity index is 284. The summed E-state index contributed by atoms with van der Waals surface area (Å²) in [5.41, 5.74) is 10.4. The maximum Gasteiger partial charge on any atom is 0.235 e. The van der Waals surface area contributed by atoms with Crippen molar-refractivity contribution in [2.24, 2.45) is 11.5 Å². The highest BCUT2D eigenvalue weighted by Gasteiger charge is 2.25. The molecule has 2 unspecified atom stereocenters. The van der Waals surface area contributed by atoms with Gasteiger partial charge < -0.3 is 11.5 Å². The molecule has 0 aliphatic rings. The Morgan fingerprint density at radius 3 is 1.78 bits per heavy atom. The fourth-order valence-electron chi connectivity index (χ4n) is 2.31. The lowest BCUT2D eigenvalue weighted by Crippen LogP contribution is -2.56. The molecule has 0 saturated carbocycles. The van der Waals surface area contributed by atoms with Crippen molar-refractivity contribution in [1.82, 2.24) is 10.2 Å². The van der Waals surface area contributed by atoms with Crippen molar-refractivity contribution < 1.29 is 9.59 Å². The van der Waals surface area contributed by atoms with E-state index in [0.29, 0.717) is 12.1 Å². The normalized spacial score (nSPS) is 15.1. The summed E-state index contributed by atoms with van der Waals surface area (Å²) in [5, 5.41) is 3.06. The monoisotopic (exact) mass is 258 g/mol. The SMILES string of the molecule is CC(C)N(C(C)C)C(C)NC(CC(N)=O)C(N)=O. The van der Waals surface area contributed by atoms with Crippen molar-refractivity contribution in [2.75, 3.05) is 0 Å². The lowest BCUT2D eigenvalue weighted by molar-refractivity contribution is -0.125.